The van der Waals surface area contributed by atoms with Crippen LogP contribution in [0.5, 0.6) is 0 Å². The van der Waals surface area contributed by atoms with Gasteiger partial charge >= 0.3 is 12.1 Å². The first-order valence-corrected chi connectivity index (χ1v) is 15.1. The Kier molecular flexibility index (Phi) is 17.4. The summed E-state index contributed by atoms with van der Waals surface area (Å²) in [5.41, 5.74) is 2.12. The van der Waals surface area contributed by atoms with Crippen molar-refractivity contribution in [2.75, 3.05) is 6.61 Å². The zero-order valence-electron chi connectivity index (χ0n) is 26.0. The van der Waals surface area contributed by atoms with Crippen LogP contribution in [0, 0.1) is 17.8 Å². The van der Waals surface area contributed by atoms with Crippen LogP contribution in [0.4, 0.5) is 0 Å². The van der Waals surface area contributed by atoms with Crippen molar-refractivity contribution in [2.24, 2.45) is 17.8 Å². The molecule has 2 aliphatic rings. The van der Waals surface area contributed by atoms with Crippen molar-refractivity contribution in [3.63, 3.8) is 0 Å². The summed E-state index contributed by atoms with van der Waals surface area (Å²) in [4.78, 5) is 27.8. The molecule has 2 heterocycles. The van der Waals surface area contributed by atoms with E-state index in [-0.39, 0.29) is 30.2 Å². The van der Waals surface area contributed by atoms with E-state index in [9.17, 15) is 9.90 Å². The molecule has 0 unspecified atom stereocenters. The molecule has 1 spiro atoms. The molecule has 2 saturated heterocycles. The third kappa shape index (κ3) is 13.8. The molecule has 1 N–H and O–H groups in total. The van der Waals surface area contributed by atoms with E-state index in [1.54, 1.807) is 19.1 Å². The molecule has 0 saturated carbocycles. The molecule has 7 nitrogen and oxygen atoms in total. The maximum Gasteiger partial charge on any atom is 0.373 e. The first kappa shape index (κ1) is 36.5. The lowest BCUT2D eigenvalue weighted by Gasteiger charge is -2.49. The van der Waals surface area contributed by atoms with Gasteiger partial charge in [0.1, 0.15) is 0 Å². The molecule has 2 fully saturated rings. The van der Waals surface area contributed by atoms with Gasteiger partial charge in [-0.05, 0) is 58.3 Å². The topological polar surface area (TPSA) is 99.1 Å². The molecule has 0 aromatic carbocycles. The molecule has 0 aromatic rings. The number of ether oxygens (including phenoxy) is 3. The number of esters is 1. The predicted molar refractivity (Wildman–Crippen MR) is 161 cm³/mol. The lowest BCUT2D eigenvalue weighted by Crippen LogP contribution is -2.52. The van der Waals surface area contributed by atoms with Gasteiger partial charge in [0.2, 0.25) is 0 Å². The summed E-state index contributed by atoms with van der Waals surface area (Å²) < 4.78 is 18.4. The number of carbonyl (C=O) groups is 1. The van der Waals surface area contributed by atoms with Gasteiger partial charge < -0.3 is 19.3 Å². The van der Waals surface area contributed by atoms with E-state index < -0.39 is 11.9 Å². The Bertz CT molecular complexity index is 956. The summed E-state index contributed by atoms with van der Waals surface area (Å²) in [7, 11) is 0. The number of hydrogen-bond acceptors (Lipinski definition) is 7. The van der Waals surface area contributed by atoms with Gasteiger partial charge in [0, 0.05) is 24.8 Å². The van der Waals surface area contributed by atoms with Crippen molar-refractivity contribution in [1.82, 2.24) is 0 Å². The number of allylic oxidation sites excluding steroid dienone is 4. The smallest absolute Gasteiger partial charge is 0.373 e. The fourth-order valence-corrected chi connectivity index (χ4v) is 5.17. The highest BCUT2D eigenvalue weighted by atomic mass is 16.7. The van der Waals surface area contributed by atoms with E-state index in [0.29, 0.717) is 18.4 Å². The van der Waals surface area contributed by atoms with Crippen LogP contribution in [0.1, 0.15) is 92.9 Å². The number of aliphatic hydroxyl groups excluding tert-OH is 1. The van der Waals surface area contributed by atoms with Gasteiger partial charge in [0.05, 0.1) is 24.9 Å². The largest absolute Gasteiger partial charge is 0.463 e. The molecule has 2 aliphatic heterocycles. The second kappa shape index (κ2) is 19.5. The normalized spacial score (nSPS) is 28.3. The lowest BCUT2D eigenvalue weighted by molar-refractivity contribution is -0.324. The number of aliphatic hydroxyl groups is 1. The number of unbranched alkanes of at least 4 members (excludes halogenated alkanes) is 1. The van der Waals surface area contributed by atoms with Gasteiger partial charge in [0.15, 0.2) is 5.79 Å². The fourth-order valence-electron chi connectivity index (χ4n) is 5.17. The van der Waals surface area contributed by atoms with E-state index in [1.165, 1.54) is 25.3 Å². The zero-order chi connectivity index (χ0) is 30.8. The second-order valence-electron chi connectivity index (χ2n) is 11.4. The highest BCUT2D eigenvalue weighted by Gasteiger charge is 2.46. The predicted octanol–water partition coefficient (Wildman–Crippen LogP) is 7.04. The van der Waals surface area contributed by atoms with Gasteiger partial charge in [-0.3, -0.25) is 0 Å². The van der Waals surface area contributed by atoms with Gasteiger partial charge in [-0.2, -0.15) is 9.59 Å². The van der Waals surface area contributed by atoms with Crippen molar-refractivity contribution in [3.8, 4) is 0 Å². The Hall–Kier alpha value is -2.57. The number of hydrogen-bond donors (Lipinski definition) is 1. The van der Waals surface area contributed by atoms with Crippen LogP contribution in [-0.4, -0.2) is 47.9 Å². The van der Waals surface area contributed by atoms with Crippen molar-refractivity contribution in [1.29, 1.82) is 0 Å². The third-order valence-electron chi connectivity index (χ3n) is 7.78. The standard InChI is InChI=1S/C33H52O5.CO2/c1-8-10-11-28-21-23-33(38-31(28)17-12-24(3)4)22-20-27(7)30(37-33)18-14-25(5)13-16-29(34)26(6)15-19-32(35)36-9-2;2-1-3/h12-17,19,26-31,34H,3,8-11,18,20-23H2,1-2,4-7H3;/b16-13+,17-12+,19-15+,25-14+;/t26-,27-,28-,29-,30+,31-,33-;/m0./s1. The van der Waals surface area contributed by atoms with Crippen LogP contribution in [0.15, 0.2) is 60.3 Å². The molecule has 2 rings (SSSR count). The van der Waals surface area contributed by atoms with E-state index in [0.717, 1.165) is 43.3 Å². The minimum atomic E-state index is -0.683. The molecule has 7 heteroatoms. The van der Waals surface area contributed by atoms with Crippen LogP contribution in [-0.2, 0) is 28.6 Å². The molecule has 230 valence electrons. The summed E-state index contributed by atoms with van der Waals surface area (Å²) in [6.07, 6.45) is 21.5. The highest BCUT2D eigenvalue weighted by molar-refractivity contribution is 5.81. The van der Waals surface area contributed by atoms with Crippen molar-refractivity contribution < 1.29 is 33.7 Å². The minimum absolute atomic E-state index is 0.0719. The first-order valence-electron chi connectivity index (χ1n) is 15.1. The third-order valence-corrected chi connectivity index (χ3v) is 7.78. The molecule has 0 aliphatic carbocycles. The Balaban J connectivity index is 0.00000268. The molecular weight excluding hydrogens is 520 g/mol. The minimum Gasteiger partial charge on any atom is -0.463 e. The van der Waals surface area contributed by atoms with Crippen molar-refractivity contribution >= 4 is 12.1 Å². The summed E-state index contributed by atoms with van der Waals surface area (Å²) >= 11 is 0. The maximum atomic E-state index is 11.5. The van der Waals surface area contributed by atoms with Crippen molar-refractivity contribution in [3.05, 3.63) is 60.3 Å². The Morgan fingerprint density at radius 1 is 1.12 bits per heavy atom. The zero-order valence-corrected chi connectivity index (χ0v) is 26.0. The second-order valence-corrected chi connectivity index (χ2v) is 11.4. The SMILES string of the molecule is C=C(C)/C=C/[C@@H]1O[C@]2(CC[C@@H]1CCCC)CC[C@H](C)[C@@H](C/C=C(C)/C=C/[C@H](O)[C@@H](C)/C=C/C(=O)OCC)O2.O=C=O. The summed E-state index contributed by atoms with van der Waals surface area (Å²) in [5.74, 6) is -0.0914. The number of rotatable bonds is 13. The Morgan fingerprint density at radius 2 is 1.80 bits per heavy atom. The van der Waals surface area contributed by atoms with E-state index in [4.69, 9.17) is 23.8 Å². The molecule has 0 radical (unpaired) electrons. The van der Waals surface area contributed by atoms with Crippen LogP contribution in [0.2, 0.25) is 0 Å². The molecule has 41 heavy (non-hydrogen) atoms. The first-order chi connectivity index (χ1) is 19.5. The van der Waals surface area contributed by atoms with Gasteiger partial charge in [-0.15, -0.1) is 0 Å². The summed E-state index contributed by atoms with van der Waals surface area (Å²) in [5, 5.41) is 10.4. The van der Waals surface area contributed by atoms with Crippen LogP contribution >= 0.6 is 0 Å². The van der Waals surface area contributed by atoms with E-state index in [1.807, 2.05) is 26.8 Å². The van der Waals surface area contributed by atoms with E-state index in [2.05, 4.69) is 38.7 Å². The fraction of sp³-hybridized carbons (Fsp3) is 0.647. The molecule has 7 atom stereocenters. The van der Waals surface area contributed by atoms with Gasteiger partial charge in [0.25, 0.3) is 0 Å². The monoisotopic (exact) mass is 572 g/mol. The van der Waals surface area contributed by atoms with Crippen LogP contribution in [0.25, 0.3) is 0 Å². The van der Waals surface area contributed by atoms with E-state index >= 15 is 0 Å². The van der Waals surface area contributed by atoms with Crippen molar-refractivity contribution in [2.45, 2.75) is 117 Å². The number of carbonyl (C=O) groups excluding carboxylic acids is 3. The quantitative estimate of drug-likeness (QED) is 0.144. The molecule has 0 aromatic heterocycles. The Morgan fingerprint density at radius 3 is 2.44 bits per heavy atom. The lowest BCUT2D eigenvalue weighted by atomic mass is 9.81. The average Bonchev–Trinajstić information content (AvgIpc) is 2.94. The highest BCUT2D eigenvalue weighted by Crippen LogP contribution is 2.45. The maximum absolute atomic E-state index is 11.5. The molecule has 0 amide bonds. The summed E-state index contributed by atoms with van der Waals surface area (Å²) in [6, 6.07) is 0. The summed E-state index contributed by atoms with van der Waals surface area (Å²) in [6.45, 7) is 16.6. The molecular formula is C34H52O7. The van der Waals surface area contributed by atoms with Crippen LogP contribution in [0.3, 0.4) is 0 Å². The molecule has 0 bridgehead atoms. The van der Waals surface area contributed by atoms with Gasteiger partial charge in [-0.25, -0.2) is 4.79 Å². The average molecular weight is 573 g/mol. The Labute approximate surface area is 247 Å². The van der Waals surface area contributed by atoms with Crippen LogP contribution < -0.4 is 0 Å². The van der Waals surface area contributed by atoms with Gasteiger partial charge in [-0.1, -0.05) is 87.8 Å².